The molecule has 1 unspecified atom stereocenters. The van der Waals surface area contributed by atoms with Gasteiger partial charge in [-0.1, -0.05) is 42.0 Å². The molecule has 0 bridgehead atoms. The second-order valence-electron chi connectivity index (χ2n) is 6.75. The van der Waals surface area contributed by atoms with Crippen LogP contribution in [0.1, 0.15) is 27.2 Å². The number of rotatable bonds is 3. The van der Waals surface area contributed by atoms with Gasteiger partial charge in [0, 0.05) is 17.4 Å². The number of Topliss-reactive ketones (excluding diaryl/α,β-unsaturated/α-hetero) is 1. The van der Waals surface area contributed by atoms with E-state index in [-0.39, 0.29) is 18.1 Å². The van der Waals surface area contributed by atoms with Crippen LogP contribution in [0.5, 0.6) is 0 Å². The molecule has 0 radical (unpaired) electrons. The van der Waals surface area contributed by atoms with Crippen LogP contribution in [0, 0.1) is 13.8 Å². The van der Waals surface area contributed by atoms with Crippen molar-refractivity contribution in [1.82, 2.24) is 4.57 Å². The first-order chi connectivity index (χ1) is 11.9. The highest BCUT2D eigenvalue weighted by atomic mass is 32.2. The molecule has 1 aromatic heterocycles. The molecule has 1 aliphatic heterocycles. The third kappa shape index (κ3) is 2.50. The van der Waals surface area contributed by atoms with E-state index in [0.717, 1.165) is 22.0 Å². The van der Waals surface area contributed by atoms with Crippen LogP contribution in [0.3, 0.4) is 0 Å². The first kappa shape index (κ1) is 16.1. The van der Waals surface area contributed by atoms with Crippen LogP contribution >= 0.6 is 0 Å². The molecular formula is C20H19NO3S. The normalized spacial score (nSPS) is 17.2. The molecule has 1 atom stereocenters. The van der Waals surface area contributed by atoms with Crippen molar-refractivity contribution >= 4 is 26.5 Å². The molecule has 0 aliphatic carbocycles. The van der Waals surface area contributed by atoms with E-state index in [9.17, 15) is 13.2 Å². The van der Waals surface area contributed by atoms with E-state index in [0.29, 0.717) is 11.3 Å². The maximum absolute atomic E-state index is 12.9. The van der Waals surface area contributed by atoms with Crippen molar-refractivity contribution in [3.63, 3.8) is 0 Å². The largest absolute Gasteiger partial charge is 0.336 e. The van der Waals surface area contributed by atoms with Gasteiger partial charge in [-0.05, 0) is 37.1 Å². The predicted molar refractivity (Wildman–Crippen MR) is 98.6 cm³/mol. The number of aromatic nitrogens is 1. The molecule has 2 aromatic carbocycles. The minimum atomic E-state index is -3.56. The number of nitrogens with zero attached hydrogens (tertiary/aromatic N) is 1. The summed E-state index contributed by atoms with van der Waals surface area (Å²) in [6.07, 6.45) is 0. The van der Waals surface area contributed by atoms with Crippen molar-refractivity contribution in [2.75, 3.05) is 0 Å². The van der Waals surface area contributed by atoms with Crippen molar-refractivity contribution < 1.29 is 13.2 Å². The average Bonchev–Trinajstić information content (AvgIpc) is 3.05. The van der Waals surface area contributed by atoms with Crippen LogP contribution in [0.25, 0.3) is 10.9 Å². The van der Waals surface area contributed by atoms with Gasteiger partial charge in [-0.3, -0.25) is 4.79 Å². The van der Waals surface area contributed by atoms with Gasteiger partial charge in [-0.15, -0.1) is 0 Å². The zero-order valence-corrected chi connectivity index (χ0v) is 15.0. The predicted octanol–water partition coefficient (Wildman–Crippen LogP) is 3.44. The van der Waals surface area contributed by atoms with Gasteiger partial charge in [0.15, 0.2) is 15.6 Å². The Morgan fingerprint density at radius 3 is 2.52 bits per heavy atom. The third-order valence-corrected chi connectivity index (χ3v) is 6.96. The second kappa shape index (κ2) is 5.56. The minimum absolute atomic E-state index is 0.106. The number of hydrogen-bond donors (Lipinski definition) is 0. The van der Waals surface area contributed by atoms with Crippen LogP contribution in [0.4, 0.5) is 0 Å². The standard InChI is InChI=1S/C20H19NO3S/c1-13-8-9-17-16(10-13)14(2)19-20(22)18(11-21(17)19)25(23,24)12-15-6-4-3-5-7-15/h3-10,18H,11-12H2,1-2H3. The number of sulfone groups is 1. The first-order valence-electron chi connectivity index (χ1n) is 8.27. The highest BCUT2D eigenvalue weighted by molar-refractivity contribution is 7.92. The van der Waals surface area contributed by atoms with Crippen LogP contribution in [-0.2, 0) is 22.1 Å². The average molecular weight is 353 g/mol. The van der Waals surface area contributed by atoms with Crippen LogP contribution in [0.2, 0.25) is 0 Å². The number of benzene rings is 2. The summed E-state index contributed by atoms with van der Waals surface area (Å²) >= 11 is 0. The Kier molecular flexibility index (Phi) is 3.58. The molecule has 0 spiro atoms. The van der Waals surface area contributed by atoms with E-state index < -0.39 is 15.1 Å². The summed E-state index contributed by atoms with van der Waals surface area (Å²) in [5.74, 6) is -0.382. The molecule has 2 heterocycles. The van der Waals surface area contributed by atoms with Crippen LogP contribution in [0.15, 0.2) is 48.5 Å². The number of aryl methyl sites for hydroxylation is 2. The molecule has 0 fully saturated rings. The smallest absolute Gasteiger partial charge is 0.199 e. The molecule has 0 amide bonds. The Balaban J connectivity index is 1.75. The fourth-order valence-corrected chi connectivity index (χ4v) is 5.40. The number of carbonyl (C=O) groups excluding carboxylic acids is 1. The Hall–Kier alpha value is -2.40. The maximum atomic E-state index is 12.9. The monoisotopic (exact) mass is 353 g/mol. The second-order valence-corrected chi connectivity index (χ2v) is 8.93. The van der Waals surface area contributed by atoms with Gasteiger partial charge in [0.25, 0.3) is 0 Å². The fourth-order valence-electron chi connectivity index (χ4n) is 3.73. The Labute approximate surface area is 147 Å². The topological polar surface area (TPSA) is 56.1 Å². The Bertz CT molecular complexity index is 1090. The molecule has 1 aliphatic rings. The molecule has 0 saturated heterocycles. The van der Waals surface area contributed by atoms with Crippen molar-refractivity contribution in [2.45, 2.75) is 31.4 Å². The Morgan fingerprint density at radius 2 is 1.80 bits per heavy atom. The van der Waals surface area contributed by atoms with Gasteiger partial charge in [0.05, 0.1) is 11.4 Å². The summed E-state index contributed by atoms with van der Waals surface area (Å²) < 4.78 is 27.6. The third-order valence-electron chi connectivity index (χ3n) is 4.99. The van der Waals surface area contributed by atoms with Gasteiger partial charge < -0.3 is 4.57 Å². The summed E-state index contributed by atoms with van der Waals surface area (Å²) in [7, 11) is -3.56. The van der Waals surface area contributed by atoms with E-state index in [4.69, 9.17) is 0 Å². The molecule has 0 N–H and O–H groups in total. The molecular weight excluding hydrogens is 334 g/mol. The zero-order chi connectivity index (χ0) is 17.8. The van der Waals surface area contributed by atoms with Crippen molar-refractivity contribution in [2.24, 2.45) is 0 Å². The van der Waals surface area contributed by atoms with Gasteiger partial charge in [-0.25, -0.2) is 8.42 Å². The van der Waals surface area contributed by atoms with Gasteiger partial charge in [0.1, 0.15) is 5.25 Å². The quantitative estimate of drug-likeness (QED) is 0.725. The van der Waals surface area contributed by atoms with Gasteiger partial charge >= 0.3 is 0 Å². The van der Waals surface area contributed by atoms with Crippen molar-refractivity contribution in [1.29, 1.82) is 0 Å². The molecule has 4 nitrogen and oxygen atoms in total. The first-order valence-corrected chi connectivity index (χ1v) is 9.99. The number of carbonyl (C=O) groups is 1. The lowest BCUT2D eigenvalue weighted by molar-refractivity contribution is 0.0997. The lowest BCUT2D eigenvalue weighted by atomic mass is 10.1. The summed E-state index contributed by atoms with van der Waals surface area (Å²) in [6.45, 7) is 4.12. The summed E-state index contributed by atoms with van der Waals surface area (Å²) in [4.78, 5) is 12.9. The Morgan fingerprint density at radius 1 is 1.08 bits per heavy atom. The van der Waals surface area contributed by atoms with Gasteiger partial charge in [-0.2, -0.15) is 0 Å². The van der Waals surface area contributed by atoms with E-state index in [1.165, 1.54) is 0 Å². The molecule has 4 rings (SSSR count). The van der Waals surface area contributed by atoms with Crippen molar-refractivity contribution in [3.05, 3.63) is 70.9 Å². The maximum Gasteiger partial charge on any atom is 0.199 e. The molecule has 5 heteroatoms. The number of fused-ring (bicyclic) bond motifs is 3. The number of ketones is 1. The summed E-state index contributed by atoms with van der Waals surface area (Å²) in [6, 6.07) is 15.0. The SMILES string of the molecule is Cc1ccc2c(c1)c(C)c1n2CC(S(=O)(=O)Cc2ccccc2)C1=O. The van der Waals surface area contributed by atoms with Crippen LogP contribution in [-0.4, -0.2) is 24.0 Å². The minimum Gasteiger partial charge on any atom is -0.336 e. The van der Waals surface area contributed by atoms with Gasteiger partial charge in [0.2, 0.25) is 0 Å². The van der Waals surface area contributed by atoms with E-state index in [1.807, 2.05) is 48.7 Å². The highest BCUT2D eigenvalue weighted by Gasteiger charge is 2.42. The fraction of sp³-hybridized carbons (Fsp3) is 0.250. The lowest BCUT2D eigenvalue weighted by Gasteiger charge is -2.11. The van der Waals surface area contributed by atoms with E-state index >= 15 is 0 Å². The molecule has 3 aromatic rings. The number of hydrogen-bond acceptors (Lipinski definition) is 3. The van der Waals surface area contributed by atoms with Crippen LogP contribution < -0.4 is 0 Å². The lowest BCUT2D eigenvalue weighted by Crippen LogP contribution is -2.29. The molecule has 128 valence electrons. The highest BCUT2D eigenvalue weighted by Crippen LogP contribution is 2.34. The summed E-state index contributed by atoms with van der Waals surface area (Å²) in [5.41, 5.74) is 4.19. The van der Waals surface area contributed by atoms with E-state index in [1.54, 1.807) is 12.1 Å². The summed E-state index contributed by atoms with van der Waals surface area (Å²) in [5, 5.41) is 0.0365. The van der Waals surface area contributed by atoms with E-state index in [2.05, 4.69) is 6.07 Å². The molecule has 25 heavy (non-hydrogen) atoms. The van der Waals surface area contributed by atoms with Crippen molar-refractivity contribution in [3.8, 4) is 0 Å². The molecule has 0 saturated carbocycles. The zero-order valence-electron chi connectivity index (χ0n) is 14.2.